The van der Waals surface area contributed by atoms with Gasteiger partial charge in [-0.15, -0.1) is 0 Å². The highest BCUT2D eigenvalue weighted by molar-refractivity contribution is 5.67. The predicted octanol–water partition coefficient (Wildman–Crippen LogP) is 11.1. The fourth-order valence-electron chi connectivity index (χ4n) is 5.90. The molecule has 0 radical (unpaired) electrons. The second kappa shape index (κ2) is 40.1. The molecule has 0 heterocycles. The van der Waals surface area contributed by atoms with Gasteiger partial charge in [0.2, 0.25) is 0 Å². The number of rotatable bonds is 40. The summed E-state index contributed by atoms with van der Waals surface area (Å²) in [6, 6.07) is 0. The summed E-state index contributed by atoms with van der Waals surface area (Å²) in [4.78, 5) is 24.0. The van der Waals surface area contributed by atoms with E-state index in [0.29, 0.717) is 59.3 Å². The van der Waals surface area contributed by atoms with Crippen LogP contribution in [0.3, 0.4) is 0 Å². The van der Waals surface area contributed by atoms with Gasteiger partial charge in [-0.05, 0) is 33.6 Å². The fraction of sp³-hybridized carbons (Fsp3) is 0.953. The van der Waals surface area contributed by atoms with E-state index >= 15 is 0 Å². The fourth-order valence-corrected chi connectivity index (χ4v) is 5.90. The maximum Gasteiger partial charge on any atom is 0.407 e. The normalized spacial score (nSPS) is 12.2. The van der Waals surface area contributed by atoms with Gasteiger partial charge in [-0.3, -0.25) is 0 Å². The summed E-state index contributed by atoms with van der Waals surface area (Å²) in [7, 11) is 0. The molecule has 1 atom stereocenters. The van der Waals surface area contributed by atoms with Crippen LogP contribution in [0.1, 0.15) is 189 Å². The van der Waals surface area contributed by atoms with Gasteiger partial charge >= 0.3 is 12.2 Å². The molecule has 0 fully saturated rings. The molecule has 0 rings (SSSR count). The van der Waals surface area contributed by atoms with Crippen LogP contribution >= 0.6 is 0 Å². The molecule has 0 spiro atoms. The van der Waals surface area contributed by atoms with Crippen LogP contribution < -0.4 is 10.6 Å². The first-order valence-corrected chi connectivity index (χ1v) is 22.0. The van der Waals surface area contributed by atoms with Crippen molar-refractivity contribution in [3.63, 3.8) is 0 Å². The third kappa shape index (κ3) is 43.0. The predicted molar refractivity (Wildman–Crippen MR) is 218 cm³/mol. The number of alkyl carbamates (subject to hydrolysis) is 2. The summed E-state index contributed by atoms with van der Waals surface area (Å²) >= 11 is 0. The van der Waals surface area contributed by atoms with E-state index in [-0.39, 0.29) is 12.7 Å². The van der Waals surface area contributed by atoms with E-state index in [1.165, 1.54) is 135 Å². The van der Waals surface area contributed by atoms with Crippen molar-refractivity contribution >= 4 is 12.2 Å². The number of amides is 2. The molecule has 0 aliphatic heterocycles. The van der Waals surface area contributed by atoms with E-state index < -0.39 is 17.8 Å². The standard InChI is InChI=1S/C43H86N2O8/c1-6-8-10-12-14-16-18-20-22-24-26-28-32-50-38-40(51-33-29-27-25-23-21-19-17-15-13-11-9-7-2)39-52-41(46)44-30-34-48-36-37-49-35-31-45-42(47)53-43(3,4)5/h40H,6-39H2,1-5H3,(H,44,46)(H,45,47)/t40-/m1/s1. The average molecular weight is 759 g/mol. The zero-order chi connectivity index (χ0) is 38.9. The van der Waals surface area contributed by atoms with Crippen molar-refractivity contribution in [1.29, 1.82) is 0 Å². The van der Waals surface area contributed by atoms with Crippen molar-refractivity contribution in [1.82, 2.24) is 10.6 Å². The second-order valence-corrected chi connectivity index (χ2v) is 15.5. The Labute approximate surface area is 326 Å². The smallest absolute Gasteiger partial charge is 0.407 e. The molecule has 0 unspecified atom stereocenters. The molecule has 0 aromatic carbocycles. The molecular weight excluding hydrogens is 672 g/mol. The summed E-state index contributed by atoms with van der Waals surface area (Å²) in [5.74, 6) is 0. The van der Waals surface area contributed by atoms with Crippen LogP contribution in [0.2, 0.25) is 0 Å². The molecule has 0 aromatic rings. The minimum atomic E-state index is -0.527. The minimum Gasteiger partial charge on any atom is -0.447 e. The van der Waals surface area contributed by atoms with Gasteiger partial charge in [-0.2, -0.15) is 0 Å². The molecular formula is C43H86N2O8. The Bertz CT molecular complexity index is 780. The van der Waals surface area contributed by atoms with E-state index in [0.717, 1.165) is 19.3 Å². The van der Waals surface area contributed by atoms with Crippen LogP contribution in [0.5, 0.6) is 0 Å². The third-order valence-corrected chi connectivity index (χ3v) is 9.00. The molecule has 2 N–H and O–H groups in total. The highest BCUT2D eigenvalue weighted by Crippen LogP contribution is 2.14. The molecule has 0 saturated heterocycles. The highest BCUT2D eigenvalue weighted by atomic mass is 16.6. The zero-order valence-corrected chi connectivity index (χ0v) is 35.4. The Kier molecular flexibility index (Phi) is 38.8. The van der Waals surface area contributed by atoms with Crippen LogP contribution in [-0.4, -0.2) is 89.8 Å². The summed E-state index contributed by atoms with van der Waals surface area (Å²) < 4.78 is 33.7. The summed E-state index contributed by atoms with van der Waals surface area (Å²) in [6.07, 6.45) is 30.3. The molecule has 0 aliphatic rings. The second-order valence-electron chi connectivity index (χ2n) is 15.5. The number of unbranched alkanes of at least 4 members (excludes halogenated alkanes) is 22. The lowest BCUT2D eigenvalue weighted by Gasteiger charge is -2.19. The first-order chi connectivity index (χ1) is 25.8. The van der Waals surface area contributed by atoms with Crippen LogP contribution in [0.25, 0.3) is 0 Å². The molecule has 10 nitrogen and oxygen atoms in total. The van der Waals surface area contributed by atoms with Gasteiger partial charge in [-0.25, -0.2) is 9.59 Å². The van der Waals surface area contributed by atoms with Gasteiger partial charge in [-0.1, -0.05) is 155 Å². The third-order valence-electron chi connectivity index (χ3n) is 9.00. The number of nitrogens with one attached hydrogen (secondary N) is 2. The van der Waals surface area contributed by atoms with E-state index in [4.69, 9.17) is 28.4 Å². The lowest BCUT2D eigenvalue weighted by molar-refractivity contribution is -0.0469. The van der Waals surface area contributed by atoms with Gasteiger partial charge in [0.25, 0.3) is 0 Å². The minimum absolute atomic E-state index is 0.161. The number of ether oxygens (including phenoxy) is 6. The number of hydrogen-bond donors (Lipinski definition) is 2. The Hall–Kier alpha value is -1.62. The Morgan fingerprint density at radius 2 is 0.849 bits per heavy atom. The van der Waals surface area contributed by atoms with Gasteiger partial charge < -0.3 is 39.1 Å². The largest absolute Gasteiger partial charge is 0.447 e. The quantitative estimate of drug-likeness (QED) is 0.0594. The van der Waals surface area contributed by atoms with Gasteiger partial charge in [0.1, 0.15) is 18.3 Å². The van der Waals surface area contributed by atoms with E-state index in [1.54, 1.807) is 0 Å². The first-order valence-electron chi connectivity index (χ1n) is 22.0. The maximum absolute atomic E-state index is 12.3. The van der Waals surface area contributed by atoms with Crippen molar-refractivity contribution < 1.29 is 38.0 Å². The van der Waals surface area contributed by atoms with E-state index in [1.807, 2.05) is 20.8 Å². The topological polar surface area (TPSA) is 114 Å². The van der Waals surface area contributed by atoms with Crippen molar-refractivity contribution in [2.24, 2.45) is 0 Å². The van der Waals surface area contributed by atoms with Crippen molar-refractivity contribution in [3.05, 3.63) is 0 Å². The van der Waals surface area contributed by atoms with Crippen LogP contribution in [0.4, 0.5) is 9.59 Å². The van der Waals surface area contributed by atoms with Gasteiger partial charge in [0.05, 0.1) is 33.0 Å². The average Bonchev–Trinajstić information content (AvgIpc) is 3.12. The molecule has 316 valence electrons. The SMILES string of the molecule is CCCCCCCCCCCCCCOC[C@H](COC(=O)NCCOCCOCCNC(=O)OC(C)(C)C)OCCCCCCCCCCCCCC. The van der Waals surface area contributed by atoms with E-state index in [2.05, 4.69) is 24.5 Å². The molecule has 2 amide bonds. The maximum atomic E-state index is 12.3. The summed E-state index contributed by atoms with van der Waals surface area (Å²) in [5.41, 5.74) is -0.527. The summed E-state index contributed by atoms with van der Waals surface area (Å²) in [5, 5.41) is 5.38. The van der Waals surface area contributed by atoms with Crippen LogP contribution in [-0.2, 0) is 28.4 Å². The molecule has 0 saturated carbocycles. The first kappa shape index (κ1) is 51.4. The van der Waals surface area contributed by atoms with Crippen molar-refractivity contribution in [2.45, 2.75) is 200 Å². The van der Waals surface area contributed by atoms with Gasteiger partial charge in [0.15, 0.2) is 0 Å². The zero-order valence-electron chi connectivity index (χ0n) is 35.4. The van der Waals surface area contributed by atoms with Crippen LogP contribution in [0.15, 0.2) is 0 Å². The monoisotopic (exact) mass is 759 g/mol. The Morgan fingerprint density at radius 3 is 1.28 bits per heavy atom. The molecule has 0 aliphatic carbocycles. The number of hydrogen-bond acceptors (Lipinski definition) is 8. The lowest BCUT2D eigenvalue weighted by atomic mass is 10.1. The van der Waals surface area contributed by atoms with Gasteiger partial charge in [0, 0.05) is 26.3 Å². The van der Waals surface area contributed by atoms with Crippen molar-refractivity contribution in [3.8, 4) is 0 Å². The molecule has 0 aromatic heterocycles. The molecule has 10 heteroatoms. The lowest BCUT2D eigenvalue weighted by Crippen LogP contribution is -2.34. The molecule has 0 bridgehead atoms. The van der Waals surface area contributed by atoms with Crippen molar-refractivity contribution in [2.75, 3.05) is 65.9 Å². The number of carbonyl (C=O) groups excluding carboxylic acids is 2. The molecule has 53 heavy (non-hydrogen) atoms. The number of carbonyl (C=O) groups is 2. The highest BCUT2D eigenvalue weighted by Gasteiger charge is 2.15. The summed E-state index contributed by atoms with van der Waals surface area (Å²) in [6.45, 7) is 14.1. The van der Waals surface area contributed by atoms with Crippen LogP contribution in [0, 0.1) is 0 Å². The Balaban J connectivity index is 4.11. The van der Waals surface area contributed by atoms with E-state index in [9.17, 15) is 9.59 Å². The Morgan fingerprint density at radius 1 is 0.453 bits per heavy atom.